The molecule has 11 nitrogen and oxygen atoms in total. The van der Waals surface area contributed by atoms with Crippen molar-refractivity contribution in [1.29, 1.82) is 0 Å². The van der Waals surface area contributed by atoms with Gasteiger partial charge in [0.1, 0.15) is 36.6 Å². The fraction of sp³-hybridized carbons (Fsp3) is 0.828. The van der Waals surface area contributed by atoms with Crippen LogP contribution in [-0.2, 0) is 14.3 Å². The maximum atomic E-state index is 13.2. The average molecular weight is 1060 g/mol. The zero-order chi connectivity index (χ0) is 54.7. The second kappa shape index (κ2) is 52.5. The van der Waals surface area contributed by atoms with Gasteiger partial charge in [0.25, 0.3) is 0 Å². The fourth-order valence-electron chi connectivity index (χ4n) is 9.68. The molecule has 0 spiro atoms. The van der Waals surface area contributed by atoms with Gasteiger partial charge in [-0.05, 0) is 96.3 Å². The number of aliphatic hydroxyl groups excluding tert-OH is 7. The van der Waals surface area contributed by atoms with Crippen molar-refractivity contribution in [3.63, 3.8) is 0 Å². The Hall–Kier alpha value is -2.19. The molecule has 0 bridgehead atoms. The number of allylic oxidation sites excluding steroid dienone is 10. The van der Waals surface area contributed by atoms with Gasteiger partial charge in [-0.2, -0.15) is 0 Å². The third kappa shape index (κ3) is 40.6. The monoisotopic (exact) mass is 1060 g/mol. The quantitative estimate of drug-likeness (QED) is 0.0215. The molecule has 1 aliphatic heterocycles. The van der Waals surface area contributed by atoms with E-state index in [0.717, 1.165) is 57.8 Å². The molecule has 11 heteroatoms. The summed E-state index contributed by atoms with van der Waals surface area (Å²) in [5.41, 5.74) is 0. The molecule has 0 aliphatic carbocycles. The van der Waals surface area contributed by atoms with Crippen molar-refractivity contribution in [1.82, 2.24) is 5.32 Å². The Morgan fingerprint density at radius 1 is 0.467 bits per heavy atom. The smallest absolute Gasteiger partial charge is 0.249 e. The Kier molecular flexibility index (Phi) is 49.6. The van der Waals surface area contributed by atoms with Crippen LogP contribution in [0.4, 0.5) is 0 Å². The Morgan fingerprint density at radius 2 is 0.840 bits per heavy atom. The summed E-state index contributed by atoms with van der Waals surface area (Å²) in [5, 5.41) is 76.1. The molecule has 0 aromatic rings. The maximum absolute atomic E-state index is 13.2. The summed E-state index contributed by atoms with van der Waals surface area (Å²) in [6.45, 7) is 3.42. The van der Waals surface area contributed by atoms with Crippen molar-refractivity contribution in [2.24, 2.45) is 0 Å². The van der Waals surface area contributed by atoms with Crippen LogP contribution in [0.1, 0.15) is 271 Å². The van der Waals surface area contributed by atoms with Crippen LogP contribution in [0.3, 0.4) is 0 Å². The third-order valence-corrected chi connectivity index (χ3v) is 14.7. The first-order valence-electron chi connectivity index (χ1n) is 31.2. The van der Waals surface area contributed by atoms with E-state index >= 15 is 0 Å². The van der Waals surface area contributed by atoms with Gasteiger partial charge in [0.05, 0.1) is 25.4 Å². The molecule has 1 amide bonds. The molecular formula is C64H117NO10. The van der Waals surface area contributed by atoms with Gasteiger partial charge in [0, 0.05) is 0 Å². The molecule has 8 N–H and O–H groups in total. The minimum atomic E-state index is -1.67. The molecule has 1 fully saturated rings. The highest BCUT2D eigenvalue weighted by Gasteiger charge is 2.44. The van der Waals surface area contributed by atoms with Gasteiger partial charge in [-0.3, -0.25) is 4.79 Å². The summed E-state index contributed by atoms with van der Waals surface area (Å²) < 4.78 is 11.1. The topological polar surface area (TPSA) is 189 Å². The first-order valence-corrected chi connectivity index (χ1v) is 31.2. The van der Waals surface area contributed by atoms with E-state index in [1.54, 1.807) is 0 Å². The van der Waals surface area contributed by atoms with E-state index in [1.807, 2.05) is 0 Å². The lowest BCUT2D eigenvalue weighted by Gasteiger charge is -2.40. The summed E-state index contributed by atoms with van der Waals surface area (Å²) in [7, 11) is 0. The molecule has 1 rings (SSSR count). The van der Waals surface area contributed by atoms with Crippen LogP contribution in [-0.4, -0.2) is 110 Å². The van der Waals surface area contributed by atoms with E-state index in [0.29, 0.717) is 19.3 Å². The minimum absolute atomic E-state index is 0.240. The molecule has 0 aromatic heterocycles. The third-order valence-electron chi connectivity index (χ3n) is 14.7. The lowest BCUT2D eigenvalue weighted by Crippen LogP contribution is -2.60. The van der Waals surface area contributed by atoms with Crippen LogP contribution in [0.2, 0.25) is 0 Å². The Bertz CT molecular complexity index is 1400. The van der Waals surface area contributed by atoms with Crippen LogP contribution >= 0.6 is 0 Å². The van der Waals surface area contributed by atoms with E-state index in [4.69, 9.17) is 9.47 Å². The highest BCUT2D eigenvalue weighted by molar-refractivity contribution is 5.80. The lowest BCUT2D eigenvalue weighted by atomic mass is 9.98. The molecule has 1 aliphatic rings. The molecule has 0 saturated carbocycles. The Labute approximate surface area is 459 Å². The number of unbranched alkanes of at least 4 members (excludes halogenated alkanes) is 31. The van der Waals surface area contributed by atoms with Gasteiger partial charge < -0.3 is 50.5 Å². The van der Waals surface area contributed by atoms with Crippen LogP contribution in [0.25, 0.3) is 0 Å². The van der Waals surface area contributed by atoms with E-state index < -0.39 is 74.2 Å². The Balaban J connectivity index is 2.23. The predicted molar refractivity (Wildman–Crippen MR) is 311 cm³/mol. The lowest BCUT2D eigenvalue weighted by molar-refractivity contribution is -0.303. The number of aliphatic hydroxyl groups is 7. The van der Waals surface area contributed by atoms with Crippen LogP contribution in [0.15, 0.2) is 60.8 Å². The highest BCUT2D eigenvalue weighted by atomic mass is 16.7. The van der Waals surface area contributed by atoms with Crippen LogP contribution in [0, 0.1) is 0 Å². The minimum Gasteiger partial charge on any atom is -0.394 e. The highest BCUT2D eigenvalue weighted by Crippen LogP contribution is 2.23. The van der Waals surface area contributed by atoms with E-state index in [-0.39, 0.29) is 12.8 Å². The standard InChI is InChI=1S/C64H117NO10/c1-3-5-7-9-11-13-15-17-19-21-22-23-24-25-26-27-28-29-30-31-32-33-34-35-36-38-40-42-44-46-48-50-52-57(68)63(73)65-55(54-74-64-62(72)61(71)60(70)58(53-66)75-64)59(69)56(67)51-49-47-45-43-41-39-37-20-18-16-14-12-10-8-6-4-2/h12,14,20,22-23,25-26,37,43,45,55-62,64,66-72H,3-11,13,15-19,21,24,27-36,38-42,44,46-54H2,1-2H3,(H,65,73)/b14-12+,23-22-,26-25-,37-20+,45-43+. The number of amides is 1. The van der Waals surface area contributed by atoms with Gasteiger partial charge in [0.15, 0.2) is 6.29 Å². The number of hydrogen-bond donors (Lipinski definition) is 8. The largest absolute Gasteiger partial charge is 0.394 e. The van der Waals surface area contributed by atoms with Gasteiger partial charge >= 0.3 is 0 Å². The summed E-state index contributed by atoms with van der Waals surface area (Å²) >= 11 is 0. The van der Waals surface area contributed by atoms with Crippen molar-refractivity contribution in [3.05, 3.63) is 60.8 Å². The van der Waals surface area contributed by atoms with Crippen LogP contribution < -0.4 is 5.32 Å². The van der Waals surface area contributed by atoms with Gasteiger partial charge in [0.2, 0.25) is 5.91 Å². The average Bonchev–Trinajstić information content (AvgIpc) is 3.41. The van der Waals surface area contributed by atoms with Crippen LogP contribution in [0.5, 0.6) is 0 Å². The summed E-state index contributed by atoms with van der Waals surface area (Å²) in [6.07, 6.45) is 57.2. The number of nitrogens with one attached hydrogen (secondary N) is 1. The summed E-state index contributed by atoms with van der Waals surface area (Å²) in [4.78, 5) is 13.2. The maximum Gasteiger partial charge on any atom is 0.249 e. The van der Waals surface area contributed by atoms with E-state index in [2.05, 4.69) is 79.9 Å². The van der Waals surface area contributed by atoms with Gasteiger partial charge in [-0.25, -0.2) is 0 Å². The van der Waals surface area contributed by atoms with E-state index in [1.165, 1.54) is 167 Å². The first-order chi connectivity index (χ1) is 36.7. The second-order valence-corrected chi connectivity index (χ2v) is 21.7. The van der Waals surface area contributed by atoms with Crippen molar-refractivity contribution in [2.75, 3.05) is 13.2 Å². The van der Waals surface area contributed by atoms with E-state index in [9.17, 15) is 40.5 Å². The first kappa shape index (κ1) is 70.8. The second-order valence-electron chi connectivity index (χ2n) is 21.7. The SMILES string of the molecule is CCCCC/C=C/CC/C=C/CC/C=C/CCCC(O)C(O)C(COC1OC(CO)C(O)C(O)C1O)NC(=O)C(O)CCCCCCCCCCCCCCCCCC/C=C\C/C=C\CCCCCCCCCCC. The molecule has 1 saturated heterocycles. The van der Waals surface area contributed by atoms with Crippen molar-refractivity contribution in [2.45, 2.75) is 326 Å². The summed E-state index contributed by atoms with van der Waals surface area (Å²) in [5.74, 6) is -0.712. The molecular weight excluding hydrogens is 943 g/mol. The molecule has 1 heterocycles. The van der Waals surface area contributed by atoms with Gasteiger partial charge in [-0.1, -0.05) is 235 Å². The zero-order valence-corrected chi connectivity index (χ0v) is 48.0. The number of rotatable bonds is 53. The Morgan fingerprint density at radius 3 is 1.29 bits per heavy atom. The zero-order valence-electron chi connectivity index (χ0n) is 48.0. The van der Waals surface area contributed by atoms with Crippen molar-refractivity contribution >= 4 is 5.91 Å². The molecule has 0 aromatic carbocycles. The van der Waals surface area contributed by atoms with Crippen molar-refractivity contribution in [3.8, 4) is 0 Å². The van der Waals surface area contributed by atoms with Crippen molar-refractivity contribution < 1.29 is 50.0 Å². The van der Waals surface area contributed by atoms with Gasteiger partial charge in [-0.15, -0.1) is 0 Å². The summed E-state index contributed by atoms with van der Waals surface area (Å²) in [6, 6.07) is -1.20. The molecule has 75 heavy (non-hydrogen) atoms. The number of ether oxygens (including phenoxy) is 2. The number of hydrogen-bond acceptors (Lipinski definition) is 10. The normalized spacial score (nSPS) is 20.1. The molecule has 9 atom stereocenters. The fourth-order valence-corrected chi connectivity index (χ4v) is 9.68. The number of carbonyl (C=O) groups is 1. The molecule has 9 unspecified atom stereocenters. The molecule has 0 radical (unpaired) electrons. The number of carbonyl (C=O) groups excluding carboxylic acids is 1. The predicted octanol–water partition coefficient (Wildman–Crippen LogP) is 13.8. The molecule has 438 valence electrons.